The minimum absolute atomic E-state index is 0.0924. The maximum absolute atomic E-state index is 11.7. The molecule has 2 aliphatic heterocycles. The maximum Gasteiger partial charge on any atom is 0.219 e. The quantitative estimate of drug-likeness (QED) is 0.908. The van der Waals surface area contributed by atoms with Crippen molar-refractivity contribution in [2.45, 2.75) is 45.8 Å². The summed E-state index contributed by atoms with van der Waals surface area (Å²) < 4.78 is 0. The molecule has 3 rings (SSSR count). The van der Waals surface area contributed by atoms with Crippen LogP contribution in [-0.2, 0) is 11.3 Å². The second-order valence-corrected chi connectivity index (χ2v) is 8.06. The first-order valence-corrected chi connectivity index (χ1v) is 9.04. The van der Waals surface area contributed by atoms with E-state index in [1.54, 1.807) is 6.92 Å². The molecule has 0 bridgehead atoms. The molecule has 1 aromatic heterocycles. The number of hydrogen-bond donors (Lipinski definition) is 1. The molecule has 0 saturated carbocycles. The van der Waals surface area contributed by atoms with Gasteiger partial charge in [-0.2, -0.15) is 0 Å². The number of β-amino-alcohol motifs (C(OH)–C–C–N with tert-alkyl or cyclic N) is 1. The lowest BCUT2D eigenvalue weighted by Gasteiger charge is -2.49. The summed E-state index contributed by atoms with van der Waals surface area (Å²) in [6.07, 6.45) is 2.66. The Labute approximate surface area is 136 Å². The van der Waals surface area contributed by atoms with Crippen molar-refractivity contribution in [1.29, 1.82) is 0 Å². The van der Waals surface area contributed by atoms with Crippen LogP contribution in [0.25, 0.3) is 0 Å². The Morgan fingerprint density at radius 1 is 1.45 bits per heavy atom. The first kappa shape index (κ1) is 16.0. The second-order valence-electron chi connectivity index (χ2n) is 7.06. The number of nitrogens with zero attached hydrogens (tertiary/aromatic N) is 2. The Morgan fingerprint density at radius 3 is 2.77 bits per heavy atom. The molecule has 5 heteroatoms. The summed E-state index contributed by atoms with van der Waals surface area (Å²) in [6, 6.07) is 2.19. The average molecular weight is 322 g/mol. The van der Waals surface area contributed by atoms with Gasteiger partial charge < -0.3 is 10.0 Å². The van der Waals surface area contributed by atoms with E-state index in [9.17, 15) is 9.90 Å². The Morgan fingerprint density at radius 2 is 2.18 bits per heavy atom. The van der Waals surface area contributed by atoms with Crippen molar-refractivity contribution < 1.29 is 9.90 Å². The summed E-state index contributed by atoms with van der Waals surface area (Å²) in [5.74, 6) is 0.0924. The van der Waals surface area contributed by atoms with E-state index in [1.165, 1.54) is 10.4 Å². The molecule has 3 heterocycles. The highest BCUT2D eigenvalue weighted by Gasteiger charge is 2.42. The van der Waals surface area contributed by atoms with Crippen molar-refractivity contribution in [3.63, 3.8) is 0 Å². The zero-order valence-corrected chi connectivity index (χ0v) is 14.4. The summed E-state index contributed by atoms with van der Waals surface area (Å²) in [7, 11) is 0. The highest BCUT2D eigenvalue weighted by Crippen LogP contribution is 2.40. The number of carbonyl (C=O) groups excluding carboxylic acids is 1. The van der Waals surface area contributed by atoms with Crippen LogP contribution in [0.3, 0.4) is 0 Å². The normalized spacial score (nSPS) is 25.6. The van der Waals surface area contributed by atoms with Gasteiger partial charge in [-0.1, -0.05) is 0 Å². The smallest absolute Gasteiger partial charge is 0.219 e. The predicted molar refractivity (Wildman–Crippen MR) is 88.9 cm³/mol. The third kappa shape index (κ3) is 3.36. The van der Waals surface area contributed by atoms with Gasteiger partial charge in [-0.25, -0.2) is 0 Å². The average Bonchev–Trinajstić information content (AvgIpc) is 2.86. The summed E-state index contributed by atoms with van der Waals surface area (Å²) in [5.41, 5.74) is 1.52. The lowest BCUT2D eigenvalue weighted by molar-refractivity contribution is -0.138. The Bertz CT molecular complexity index is 535. The molecule has 0 aromatic carbocycles. The Balaban J connectivity index is 1.60. The standard InChI is InChI=1S/C17H26N2O2S/c1-13-3-8-22-16(13)11-18-6-4-17(5-7-18)9-15(21)10-19(12-17)14(2)20/h3,8,15,21H,4-7,9-12H2,1-2H3. The van der Waals surface area contributed by atoms with Crippen molar-refractivity contribution in [2.24, 2.45) is 5.41 Å². The maximum atomic E-state index is 11.7. The lowest BCUT2D eigenvalue weighted by Crippen LogP contribution is -2.54. The minimum atomic E-state index is -0.358. The molecule has 0 radical (unpaired) electrons. The molecule has 4 nitrogen and oxygen atoms in total. The number of thiophene rings is 1. The molecule has 2 aliphatic rings. The van der Waals surface area contributed by atoms with Crippen LogP contribution in [0.4, 0.5) is 0 Å². The van der Waals surface area contributed by atoms with E-state index in [-0.39, 0.29) is 17.4 Å². The molecule has 1 aromatic rings. The summed E-state index contributed by atoms with van der Waals surface area (Å²) in [6.45, 7) is 8.30. The molecule has 1 atom stereocenters. The van der Waals surface area contributed by atoms with E-state index in [4.69, 9.17) is 0 Å². The molecular formula is C17H26N2O2S. The highest BCUT2D eigenvalue weighted by molar-refractivity contribution is 7.10. The van der Waals surface area contributed by atoms with Gasteiger partial charge in [-0.3, -0.25) is 9.69 Å². The fourth-order valence-electron chi connectivity index (χ4n) is 3.91. The summed E-state index contributed by atoms with van der Waals surface area (Å²) in [4.78, 5) is 17.5. The van der Waals surface area contributed by atoms with Gasteiger partial charge in [0.05, 0.1) is 6.10 Å². The van der Waals surface area contributed by atoms with E-state index < -0.39 is 0 Å². The van der Waals surface area contributed by atoms with Crippen LogP contribution in [0.5, 0.6) is 0 Å². The Hall–Kier alpha value is -0.910. The monoisotopic (exact) mass is 322 g/mol. The third-order valence-electron chi connectivity index (χ3n) is 5.32. The van der Waals surface area contributed by atoms with Gasteiger partial charge >= 0.3 is 0 Å². The number of hydrogen-bond acceptors (Lipinski definition) is 4. The Kier molecular flexibility index (Phi) is 4.57. The number of aliphatic hydroxyl groups excluding tert-OH is 1. The van der Waals surface area contributed by atoms with Crippen LogP contribution >= 0.6 is 11.3 Å². The number of likely N-dealkylation sites (tertiary alicyclic amines) is 2. The molecule has 1 unspecified atom stereocenters. The van der Waals surface area contributed by atoms with Gasteiger partial charge in [0.1, 0.15) is 0 Å². The van der Waals surface area contributed by atoms with Gasteiger partial charge in [-0.05, 0) is 61.7 Å². The molecular weight excluding hydrogens is 296 g/mol. The molecule has 2 fully saturated rings. The van der Waals surface area contributed by atoms with Gasteiger partial charge in [0, 0.05) is 31.4 Å². The van der Waals surface area contributed by atoms with Crippen LogP contribution in [0.2, 0.25) is 0 Å². The van der Waals surface area contributed by atoms with E-state index in [0.717, 1.165) is 45.4 Å². The van der Waals surface area contributed by atoms with Crippen LogP contribution < -0.4 is 0 Å². The SMILES string of the molecule is CC(=O)N1CC(O)CC2(CCN(Cc3sccc3C)CC2)C1. The first-order valence-electron chi connectivity index (χ1n) is 8.16. The van der Waals surface area contributed by atoms with Crippen LogP contribution in [-0.4, -0.2) is 53.1 Å². The molecule has 1 N–H and O–H groups in total. The number of aryl methyl sites for hydroxylation is 1. The molecule has 2 saturated heterocycles. The first-order chi connectivity index (χ1) is 10.5. The zero-order valence-electron chi connectivity index (χ0n) is 13.5. The summed E-state index contributed by atoms with van der Waals surface area (Å²) >= 11 is 1.84. The zero-order chi connectivity index (χ0) is 15.7. The number of piperidine rings is 2. The van der Waals surface area contributed by atoms with Gasteiger partial charge in [0.15, 0.2) is 0 Å². The topological polar surface area (TPSA) is 43.8 Å². The molecule has 1 spiro atoms. The van der Waals surface area contributed by atoms with E-state index in [1.807, 2.05) is 16.2 Å². The number of amides is 1. The molecule has 22 heavy (non-hydrogen) atoms. The molecule has 0 aliphatic carbocycles. The van der Waals surface area contributed by atoms with Crippen molar-refractivity contribution in [3.8, 4) is 0 Å². The number of carbonyl (C=O) groups is 1. The van der Waals surface area contributed by atoms with Gasteiger partial charge in [0.25, 0.3) is 0 Å². The van der Waals surface area contributed by atoms with E-state index >= 15 is 0 Å². The van der Waals surface area contributed by atoms with Crippen LogP contribution in [0.1, 0.15) is 36.6 Å². The van der Waals surface area contributed by atoms with Gasteiger partial charge in [-0.15, -0.1) is 11.3 Å². The van der Waals surface area contributed by atoms with E-state index in [0.29, 0.717) is 6.54 Å². The molecule has 1 amide bonds. The fraction of sp³-hybridized carbons (Fsp3) is 0.706. The lowest BCUT2D eigenvalue weighted by atomic mass is 9.71. The van der Waals surface area contributed by atoms with Crippen LogP contribution in [0, 0.1) is 12.3 Å². The van der Waals surface area contributed by atoms with Crippen molar-refractivity contribution >= 4 is 17.2 Å². The van der Waals surface area contributed by atoms with Crippen molar-refractivity contribution in [2.75, 3.05) is 26.2 Å². The second kappa shape index (κ2) is 6.30. The number of rotatable bonds is 2. The van der Waals surface area contributed by atoms with Crippen molar-refractivity contribution in [1.82, 2.24) is 9.80 Å². The summed E-state index contributed by atoms with van der Waals surface area (Å²) in [5, 5.41) is 12.3. The largest absolute Gasteiger partial charge is 0.391 e. The van der Waals surface area contributed by atoms with E-state index in [2.05, 4.69) is 23.3 Å². The fourth-order valence-corrected chi connectivity index (χ4v) is 4.86. The minimum Gasteiger partial charge on any atom is -0.391 e. The third-order valence-corrected chi connectivity index (χ3v) is 6.33. The molecule has 122 valence electrons. The van der Waals surface area contributed by atoms with Gasteiger partial charge in [0.2, 0.25) is 5.91 Å². The van der Waals surface area contributed by atoms with Crippen molar-refractivity contribution in [3.05, 3.63) is 21.9 Å². The number of aliphatic hydroxyl groups is 1. The predicted octanol–water partition coefficient (Wildman–Crippen LogP) is 2.25. The highest BCUT2D eigenvalue weighted by atomic mass is 32.1. The van der Waals surface area contributed by atoms with Crippen LogP contribution in [0.15, 0.2) is 11.4 Å².